The fourth-order valence-electron chi connectivity index (χ4n) is 3.47. The summed E-state index contributed by atoms with van der Waals surface area (Å²) in [5.74, 6) is -0.512. The van der Waals surface area contributed by atoms with Gasteiger partial charge in [0, 0.05) is 25.7 Å². The Morgan fingerprint density at radius 3 is 2.68 bits per heavy atom. The summed E-state index contributed by atoms with van der Waals surface area (Å²) in [4.78, 5) is 20.1. The molecular weight excluding hydrogens is 406 g/mol. The highest BCUT2D eigenvalue weighted by Crippen LogP contribution is 2.33. The minimum atomic E-state index is -2.90. The predicted molar refractivity (Wildman–Crippen MR) is 92.0 cm³/mol. The van der Waals surface area contributed by atoms with Gasteiger partial charge < -0.3 is 19.1 Å². The molecular formula is C16H21F4N3O4S. The number of alkyl halides is 4. The second-order valence-corrected chi connectivity index (χ2v) is 7.59. The monoisotopic (exact) mass is 427 g/mol. The van der Waals surface area contributed by atoms with Crippen LogP contribution in [-0.2, 0) is 14.2 Å². The molecule has 12 heteroatoms. The molecule has 2 heterocycles. The van der Waals surface area contributed by atoms with Crippen molar-refractivity contribution in [1.82, 2.24) is 9.88 Å². The minimum Gasteiger partial charge on any atom is -0.465 e. The number of ether oxygens (including phenoxy) is 3. The molecule has 3 rings (SSSR count). The van der Waals surface area contributed by atoms with Crippen LogP contribution in [0, 0.1) is 0 Å². The normalized spacial score (nSPS) is 26.0. The average molecular weight is 427 g/mol. The number of hydrogen-bond donors (Lipinski definition) is 0. The van der Waals surface area contributed by atoms with Gasteiger partial charge in [-0.15, -0.1) is 0 Å². The molecule has 0 unspecified atom stereocenters. The molecule has 0 bridgehead atoms. The van der Waals surface area contributed by atoms with Crippen molar-refractivity contribution < 1.29 is 36.6 Å². The lowest BCUT2D eigenvalue weighted by atomic mass is 9.87. The summed E-state index contributed by atoms with van der Waals surface area (Å²) in [6.45, 7) is -4.38. The number of anilines is 1. The average Bonchev–Trinajstić information content (AvgIpc) is 3.11. The molecule has 7 nitrogen and oxygen atoms in total. The molecule has 1 atom stereocenters. The maximum absolute atomic E-state index is 12.6. The van der Waals surface area contributed by atoms with Gasteiger partial charge in [0.1, 0.15) is 4.88 Å². The third-order valence-corrected chi connectivity index (χ3v) is 5.95. The van der Waals surface area contributed by atoms with Gasteiger partial charge in [0.05, 0.1) is 32.1 Å². The van der Waals surface area contributed by atoms with Crippen LogP contribution in [0.1, 0.15) is 22.5 Å². The van der Waals surface area contributed by atoms with E-state index in [1.54, 1.807) is 0 Å². The van der Waals surface area contributed by atoms with Crippen LogP contribution >= 0.6 is 11.3 Å². The Kier molecular flexibility index (Phi) is 7.07. The molecule has 1 saturated heterocycles. The van der Waals surface area contributed by atoms with Crippen LogP contribution in [0.3, 0.4) is 0 Å². The van der Waals surface area contributed by atoms with Crippen molar-refractivity contribution in [2.45, 2.75) is 44.3 Å². The topological polar surface area (TPSA) is 64.1 Å². The first-order chi connectivity index (χ1) is 13.4. The van der Waals surface area contributed by atoms with Crippen LogP contribution in [-0.4, -0.2) is 80.6 Å². The molecule has 158 valence electrons. The van der Waals surface area contributed by atoms with E-state index in [1.807, 2.05) is 4.90 Å². The number of nitrogens with zero attached hydrogens (tertiary/aromatic N) is 3. The lowest BCUT2D eigenvalue weighted by Gasteiger charge is -2.48. The number of thiazole rings is 1. The standard InChI is InChI=1S/C16H21F4N3O4S/c1-25-13(24)12-6-21-16(28-12)23-3-2-22(7-10(23)8-26-14(17)18)9-4-11(5-9)27-15(19)20/h6,9-11,14-15H,2-5,7-8H2,1H3/t9?,10-,11?/m0/s1. The number of aromatic nitrogens is 1. The number of carbonyl (C=O) groups excluding carboxylic acids is 1. The van der Waals surface area contributed by atoms with Gasteiger partial charge in [-0.2, -0.15) is 17.6 Å². The van der Waals surface area contributed by atoms with E-state index in [4.69, 9.17) is 0 Å². The summed E-state index contributed by atoms with van der Waals surface area (Å²) >= 11 is 1.12. The first-order valence-electron chi connectivity index (χ1n) is 8.75. The van der Waals surface area contributed by atoms with E-state index in [0.717, 1.165) is 11.3 Å². The van der Waals surface area contributed by atoms with Crippen molar-refractivity contribution in [3.8, 4) is 0 Å². The van der Waals surface area contributed by atoms with E-state index in [-0.39, 0.29) is 12.6 Å². The lowest BCUT2D eigenvalue weighted by molar-refractivity contribution is -0.194. The molecule has 0 aromatic carbocycles. The van der Waals surface area contributed by atoms with Gasteiger partial charge in [-0.1, -0.05) is 11.3 Å². The number of piperazine rings is 1. The molecule has 1 aromatic rings. The summed E-state index contributed by atoms with van der Waals surface area (Å²) in [7, 11) is 1.27. The maximum atomic E-state index is 12.6. The molecule has 28 heavy (non-hydrogen) atoms. The van der Waals surface area contributed by atoms with Crippen molar-refractivity contribution >= 4 is 22.4 Å². The van der Waals surface area contributed by atoms with Gasteiger partial charge in [-0.25, -0.2) is 9.78 Å². The van der Waals surface area contributed by atoms with Gasteiger partial charge in [0.2, 0.25) is 0 Å². The van der Waals surface area contributed by atoms with E-state index < -0.39 is 31.3 Å². The van der Waals surface area contributed by atoms with Crippen LogP contribution in [0.5, 0.6) is 0 Å². The van der Waals surface area contributed by atoms with Gasteiger partial charge in [0.25, 0.3) is 0 Å². The van der Waals surface area contributed by atoms with Gasteiger partial charge >= 0.3 is 19.2 Å². The summed E-state index contributed by atoms with van der Waals surface area (Å²) in [5.41, 5.74) is 0. The molecule has 0 amide bonds. The highest BCUT2D eigenvalue weighted by atomic mass is 32.1. The van der Waals surface area contributed by atoms with E-state index in [0.29, 0.717) is 42.5 Å². The van der Waals surface area contributed by atoms with Crippen LogP contribution in [0.2, 0.25) is 0 Å². The quantitative estimate of drug-likeness (QED) is 0.466. The zero-order valence-corrected chi connectivity index (χ0v) is 15.9. The minimum absolute atomic E-state index is 0.0712. The van der Waals surface area contributed by atoms with Crippen molar-refractivity contribution in [1.29, 1.82) is 0 Å². The van der Waals surface area contributed by atoms with Crippen molar-refractivity contribution in [2.24, 2.45) is 0 Å². The Balaban J connectivity index is 1.63. The van der Waals surface area contributed by atoms with Gasteiger partial charge in [-0.05, 0) is 12.8 Å². The molecule has 1 aliphatic heterocycles. The van der Waals surface area contributed by atoms with E-state index in [1.165, 1.54) is 13.3 Å². The molecule has 2 aliphatic rings. The summed E-state index contributed by atoms with van der Waals surface area (Å²) < 4.78 is 63.3. The molecule has 0 spiro atoms. The molecule has 1 aliphatic carbocycles. The Morgan fingerprint density at radius 2 is 2.04 bits per heavy atom. The van der Waals surface area contributed by atoms with Crippen molar-refractivity contribution in [3.63, 3.8) is 0 Å². The lowest BCUT2D eigenvalue weighted by Crippen LogP contribution is -2.60. The second kappa shape index (κ2) is 9.33. The Hall–Kier alpha value is -1.50. The molecule has 2 fully saturated rings. The zero-order chi connectivity index (χ0) is 20.3. The van der Waals surface area contributed by atoms with E-state index >= 15 is 0 Å². The third-order valence-electron chi connectivity index (χ3n) is 4.94. The number of rotatable bonds is 8. The SMILES string of the molecule is COC(=O)c1cnc(N2CCN(C3CC(OC(F)F)C3)C[C@H]2COC(F)F)s1. The molecule has 1 aromatic heterocycles. The zero-order valence-electron chi connectivity index (χ0n) is 15.1. The molecule has 0 radical (unpaired) electrons. The molecule has 0 N–H and O–H groups in total. The smallest absolute Gasteiger partial charge is 0.349 e. The Labute approximate surface area is 163 Å². The molecule has 1 saturated carbocycles. The first-order valence-corrected chi connectivity index (χ1v) is 9.57. The number of halogens is 4. The van der Waals surface area contributed by atoms with Crippen LogP contribution in [0.4, 0.5) is 22.7 Å². The number of hydrogen-bond acceptors (Lipinski definition) is 8. The fourth-order valence-corrected chi connectivity index (χ4v) is 4.41. The van der Waals surface area contributed by atoms with Crippen molar-refractivity contribution in [2.75, 3.05) is 38.3 Å². The largest absolute Gasteiger partial charge is 0.465 e. The first kappa shape index (κ1) is 21.2. The maximum Gasteiger partial charge on any atom is 0.349 e. The van der Waals surface area contributed by atoms with Crippen LogP contribution in [0.25, 0.3) is 0 Å². The van der Waals surface area contributed by atoms with Crippen molar-refractivity contribution in [3.05, 3.63) is 11.1 Å². The van der Waals surface area contributed by atoms with Gasteiger partial charge in [-0.3, -0.25) is 4.90 Å². The number of esters is 1. The summed E-state index contributed by atoms with van der Waals surface area (Å²) in [6, 6.07) is -0.337. The van der Waals surface area contributed by atoms with Crippen LogP contribution in [0.15, 0.2) is 6.20 Å². The number of carbonyl (C=O) groups is 1. The Bertz CT molecular complexity index is 660. The Morgan fingerprint density at radius 1 is 1.29 bits per heavy atom. The second-order valence-electron chi connectivity index (χ2n) is 6.58. The highest BCUT2D eigenvalue weighted by molar-refractivity contribution is 7.17. The van der Waals surface area contributed by atoms with Crippen LogP contribution < -0.4 is 4.90 Å². The van der Waals surface area contributed by atoms with E-state index in [9.17, 15) is 22.4 Å². The predicted octanol–water partition coefficient (Wildman–Crippen LogP) is 2.43. The summed E-state index contributed by atoms with van der Waals surface area (Å²) in [6.07, 6.45) is 1.88. The summed E-state index contributed by atoms with van der Waals surface area (Å²) in [5, 5.41) is 0.524. The highest BCUT2D eigenvalue weighted by Gasteiger charge is 2.40. The fraction of sp³-hybridized carbons (Fsp3) is 0.750. The van der Waals surface area contributed by atoms with E-state index in [2.05, 4.69) is 24.1 Å². The number of methoxy groups -OCH3 is 1. The third kappa shape index (κ3) is 5.10. The van der Waals surface area contributed by atoms with Gasteiger partial charge in [0.15, 0.2) is 5.13 Å².